The van der Waals surface area contributed by atoms with E-state index in [9.17, 15) is 4.79 Å². The van der Waals surface area contributed by atoms with E-state index < -0.39 is 0 Å². The van der Waals surface area contributed by atoms with E-state index in [1.165, 1.54) is 0 Å². The van der Waals surface area contributed by atoms with Crippen LogP contribution in [-0.2, 0) is 0 Å². The van der Waals surface area contributed by atoms with Gasteiger partial charge in [0.05, 0.1) is 17.4 Å². The second-order valence-electron chi connectivity index (χ2n) is 5.10. The lowest BCUT2D eigenvalue weighted by atomic mass is 10.2. The first-order chi connectivity index (χ1) is 10.2. The summed E-state index contributed by atoms with van der Waals surface area (Å²) in [5, 5.41) is 6.70. The van der Waals surface area contributed by atoms with Gasteiger partial charge in [0.15, 0.2) is 5.82 Å². The van der Waals surface area contributed by atoms with Crippen molar-refractivity contribution >= 4 is 17.4 Å². The molecule has 2 aromatic rings. The zero-order valence-corrected chi connectivity index (χ0v) is 11.9. The Morgan fingerprint density at radius 2 is 2.10 bits per heavy atom. The van der Waals surface area contributed by atoms with Gasteiger partial charge < -0.3 is 15.5 Å². The van der Waals surface area contributed by atoms with E-state index >= 15 is 0 Å². The number of nitrogens with zero attached hydrogens (tertiary/aromatic N) is 4. The molecule has 1 amide bonds. The molecule has 0 aliphatic carbocycles. The predicted molar refractivity (Wildman–Crippen MR) is 80.1 cm³/mol. The van der Waals surface area contributed by atoms with Gasteiger partial charge in [-0.2, -0.15) is 5.10 Å². The van der Waals surface area contributed by atoms with E-state index in [4.69, 9.17) is 5.73 Å². The molecule has 0 saturated carbocycles. The highest BCUT2D eigenvalue weighted by atomic mass is 16.2. The molecule has 0 atom stereocenters. The van der Waals surface area contributed by atoms with Crippen LogP contribution in [0, 0.1) is 6.92 Å². The molecule has 3 heterocycles. The van der Waals surface area contributed by atoms with Crippen LogP contribution in [0.5, 0.6) is 0 Å². The molecule has 0 bridgehead atoms. The first kappa shape index (κ1) is 13.4. The fourth-order valence-corrected chi connectivity index (χ4v) is 2.53. The molecule has 3 N–H and O–H groups in total. The molecule has 7 heteroatoms. The van der Waals surface area contributed by atoms with Crippen LogP contribution in [0.4, 0.5) is 11.5 Å². The lowest BCUT2D eigenvalue weighted by Gasteiger charge is -2.35. The van der Waals surface area contributed by atoms with E-state index in [2.05, 4.69) is 20.1 Å². The maximum atomic E-state index is 12.4. The Morgan fingerprint density at radius 1 is 1.33 bits per heavy atom. The molecule has 1 aliphatic rings. The third-order valence-electron chi connectivity index (χ3n) is 3.74. The molecular weight excluding hydrogens is 268 g/mol. The molecule has 0 spiro atoms. The van der Waals surface area contributed by atoms with Crippen LogP contribution >= 0.6 is 0 Å². The van der Waals surface area contributed by atoms with Crippen molar-refractivity contribution in [1.82, 2.24) is 20.1 Å². The van der Waals surface area contributed by atoms with Gasteiger partial charge >= 0.3 is 0 Å². The second-order valence-corrected chi connectivity index (χ2v) is 5.10. The fourth-order valence-electron chi connectivity index (χ4n) is 2.53. The number of rotatable bonds is 2. The van der Waals surface area contributed by atoms with Crippen molar-refractivity contribution in [3.8, 4) is 0 Å². The minimum absolute atomic E-state index is 0.0230. The number of aromatic nitrogens is 3. The molecule has 110 valence electrons. The molecule has 3 rings (SSSR count). The van der Waals surface area contributed by atoms with Gasteiger partial charge in [0.1, 0.15) is 0 Å². The van der Waals surface area contributed by atoms with Gasteiger partial charge in [0.25, 0.3) is 5.91 Å². The molecule has 21 heavy (non-hydrogen) atoms. The first-order valence-electron chi connectivity index (χ1n) is 6.91. The Balaban J connectivity index is 1.67. The van der Waals surface area contributed by atoms with Gasteiger partial charge in [-0.05, 0) is 19.1 Å². The maximum Gasteiger partial charge on any atom is 0.257 e. The van der Waals surface area contributed by atoms with Crippen LogP contribution in [0.15, 0.2) is 24.5 Å². The lowest BCUT2D eigenvalue weighted by molar-refractivity contribution is 0.0746. The number of pyridine rings is 1. The second kappa shape index (κ2) is 5.43. The third kappa shape index (κ3) is 2.54. The molecule has 7 nitrogen and oxygen atoms in total. The van der Waals surface area contributed by atoms with E-state index in [1.54, 1.807) is 12.4 Å². The molecule has 2 aromatic heterocycles. The zero-order valence-electron chi connectivity index (χ0n) is 11.9. The summed E-state index contributed by atoms with van der Waals surface area (Å²) in [7, 11) is 0. The largest absolute Gasteiger partial charge is 0.396 e. The van der Waals surface area contributed by atoms with Gasteiger partial charge in [-0.15, -0.1) is 0 Å². The molecule has 0 aromatic carbocycles. The number of nitrogens with one attached hydrogen (secondary N) is 1. The number of aromatic amines is 1. The highest BCUT2D eigenvalue weighted by Gasteiger charge is 2.25. The highest BCUT2D eigenvalue weighted by Crippen LogP contribution is 2.21. The van der Waals surface area contributed by atoms with Crippen LogP contribution in [0.2, 0.25) is 0 Å². The van der Waals surface area contributed by atoms with E-state index in [-0.39, 0.29) is 5.91 Å². The number of amides is 1. The predicted octanol–water partition coefficient (Wildman–Crippen LogP) is 0.658. The number of anilines is 2. The summed E-state index contributed by atoms with van der Waals surface area (Å²) in [5.74, 6) is 0.819. The topological polar surface area (TPSA) is 91.1 Å². The van der Waals surface area contributed by atoms with Gasteiger partial charge in [-0.1, -0.05) is 0 Å². The zero-order chi connectivity index (χ0) is 14.8. The summed E-state index contributed by atoms with van der Waals surface area (Å²) >= 11 is 0. The Labute approximate surface area is 122 Å². The van der Waals surface area contributed by atoms with Crippen LogP contribution < -0.4 is 10.6 Å². The minimum Gasteiger partial charge on any atom is -0.396 e. The van der Waals surface area contributed by atoms with Crippen molar-refractivity contribution < 1.29 is 4.79 Å². The maximum absolute atomic E-state index is 12.4. The molecular formula is C14H18N6O. The summed E-state index contributed by atoms with van der Waals surface area (Å²) in [6, 6.07) is 3.66. The number of piperazine rings is 1. The smallest absolute Gasteiger partial charge is 0.257 e. The number of nitrogen functional groups attached to an aromatic ring is 1. The van der Waals surface area contributed by atoms with E-state index in [0.29, 0.717) is 24.3 Å². The number of nitrogens with two attached hydrogens (primary N) is 1. The lowest BCUT2D eigenvalue weighted by Crippen LogP contribution is -2.49. The van der Waals surface area contributed by atoms with Crippen molar-refractivity contribution in [3.63, 3.8) is 0 Å². The fraction of sp³-hybridized carbons (Fsp3) is 0.357. The Hall–Kier alpha value is -2.57. The van der Waals surface area contributed by atoms with Gasteiger partial charge in [0, 0.05) is 38.1 Å². The molecule has 1 saturated heterocycles. The van der Waals surface area contributed by atoms with Crippen molar-refractivity contribution in [2.24, 2.45) is 0 Å². The minimum atomic E-state index is 0.0230. The Morgan fingerprint density at radius 3 is 2.71 bits per heavy atom. The summed E-state index contributed by atoms with van der Waals surface area (Å²) in [6.45, 7) is 4.61. The number of hydrogen-bond acceptors (Lipinski definition) is 5. The van der Waals surface area contributed by atoms with Crippen molar-refractivity contribution in [3.05, 3.63) is 35.8 Å². The van der Waals surface area contributed by atoms with Crippen LogP contribution in [0.25, 0.3) is 0 Å². The quantitative estimate of drug-likeness (QED) is 0.846. The Kier molecular flexibility index (Phi) is 3.47. The normalized spacial score (nSPS) is 15.3. The monoisotopic (exact) mass is 286 g/mol. The van der Waals surface area contributed by atoms with Crippen LogP contribution in [0.3, 0.4) is 0 Å². The van der Waals surface area contributed by atoms with Gasteiger partial charge in [-0.25, -0.2) is 4.98 Å². The number of carbonyl (C=O) groups excluding carboxylic acids is 1. The molecule has 1 aliphatic heterocycles. The van der Waals surface area contributed by atoms with E-state index in [1.807, 2.05) is 24.0 Å². The van der Waals surface area contributed by atoms with Crippen LogP contribution in [0.1, 0.15) is 16.1 Å². The van der Waals surface area contributed by atoms with Crippen molar-refractivity contribution in [2.45, 2.75) is 6.92 Å². The van der Waals surface area contributed by atoms with Crippen molar-refractivity contribution in [1.29, 1.82) is 0 Å². The number of carbonyl (C=O) groups is 1. The number of aryl methyl sites for hydroxylation is 1. The first-order valence-corrected chi connectivity index (χ1v) is 6.91. The molecule has 0 radical (unpaired) electrons. The summed E-state index contributed by atoms with van der Waals surface area (Å²) < 4.78 is 0. The average molecular weight is 286 g/mol. The van der Waals surface area contributed by atoms with Crippen LogP contribution in [-0.4, -0.2) is 52.2 Å². The van der Waals surface area contributed by atoms with Crippen molar-refractivity contribution in [2.75, 3.05) is 36.8 Å². The average Bonchev–Trinajstić information content (AvgIpc) is 2.93. The number of H-pyrrole nitrogens is 1. The van der Waals surface area contributed by atoms with E-state index in [0.717, 1.165) is 24.6 Å². The summed E-state index contributed by atoms with van der Waals surface area (Å²) in [5.41, 5.74) is 8.06. The standard InChI is InChI=1S/C14H18N6O/c1-10-11(9-17-18-10)14(21)20-7-5-19(6-8-20)13-12(15)3-2-4-16-13/h2-4,9H,5-8,15H2,1H3,(H,17,18). The number of hydrogen-bond donors (Lipinski definition) is 2. The SMILES string of the molecule is Cc1[nH]ncc1C(=O)N1CCN(c2ncccc2N)CC1. The molecule has 1 fully saturated rings. The Bertz CT molecular complexity index is 644. The summed E-state index contributed by atoms with van der Waals surface area (Å²) in [6.07, 6.45) is 3.32. The van der Waals surface area contributed by atoms with Gasteiger partial charge in [0.2, 0.25) is 0 Å². The third-order valence-corrected chi connectivity index (χ3v) is 3.74. The summed E-state index contributed by atoms with van der Waals surface area (Å²) in [4.78, 5) is 20.7. The van der Waals surface area contributed by atoms with Gasteiger partial charge in [-0.3, -0.25) is 9.89 Å². The highest BCUT2D eigenvalue weighted by molar-refractivity contribution is 5.95. The molecule has 0 unspecified atom stereocenters.